The molecule has 1 aromatic carbocycles. The third kappa shape index (κ3) is 3.20. The Kier molecular flexibility index (Phi) is 4.97. The average Bonchev–Trinajstić information content (AvgIpc) is 3.49. The maximum absolute atomic E-state index is 13.4. The number of aromatic nitrogens is 2. The standard InChI is InChI=1S/C21H24N4O5/c1-21(20(28)22-10-13-6-4-5-7-15(13)29-2)11-24-12-23-16(19(27)30-3)17(24)18(26)25(21)14-8-9-14/h4-7,12,14H,8-11H2,1-3H3,(H,22,28). The lowest BCUT2D eigenvalue weighted by atomic mass is 9.93. The van der Waals surface area contributed by atoms with Crippen LogP contribution in [0.3, 0.4) is 0 Å². The second-order valence-corrected chi connectivity index (χ2v) is 7.74. The number of imidazole rings is 1. The smallest absolute Gasteiger partial charge is 0.359 e. The van der Waals surface area contributed by atoms with Gasteiger partial charge in [0.05, 0.1) is 27.1 Å². The Balaban J connectivity index is 1.63. The molecule has 2 aromatic rings. The monoisotopic (exact) mass is 412 g/mol. The minimum atomic E-state index is -1.11. The van der Waals surface area contributed by atoms with Crippen LogP contribution in [0.1, 0.15) is 46.3 Å². The van der Waals surface area contributed by atoms with Crippen LogP contribution in [0.5, 0.6) is 5.75 Å². The first-order chi connectivity index (χ1) is 14.4. The molecule has 9 nitrogen and oxygen atoms in total. The van der Waals surface area contributed by atoms with Crippen LogP contribution in [0, 0.1) is 0 Å². The number of para-hydroxylation sites is 1. The van der Waals surface area contributed by atoms with E-state index in [4.69, 9.17) is 9.47 Å². The predicted octanol–water partition coefficient (Wildman–Crippen LogP) is 1.37. The van der Waals surface area contributed by atoms with E-state index in [9.17, 15) is 14.4 Å². The predicted molar refractivity (Wildman–Crippen MR) is 106 cm³/mol. The van der Waals surface area contributed by atoms with Gasteiger partial charge in [0.25, 0.3) is 5.91 Å². The Labute approximate surface area is 174 Å². The van der Waals surface area contributed by atoms with E-state index in [1.165, 1.54) is 13.4 Å². The SMILES string of the molecule is COC(=O)c1ncn2c1C(=O)N(C1CC1)C(C)(C(=O)NCc1ccccc1OC)C2. The number of ether oxygens (including phenoxy) is 2. The molecule has 2 heterocycles. The molecule has 0 bridgehead atoms. The van der Waals surface area contributed by atoms with E-state index in [2.05, 4.69) is 10.3 Å². The summed E-state index contributed by atoms with van der Waals surface area (Å²) in [5, 5.41) is 2.95. The molecule has 1 aliphatic carbocycles. The Morgan fingerprint density at radius 3 is 2.67 bits per heavy atom. The van der Waals surface area contributed by atoms with Crippen molar-refractivity contribution in [2.75, 3.05) is 14.2 Å². The molecular formula is C21H24N4O5. The third-order valence-electron chi connectivity index (χ3n) is 5.68. The summed E-state index contributed by atoms with van der Waals surface area (Å²) in [6.07, 6.45) is 3.06. The molecule has 0 radical (unpaired) electrons. The van der Waals surface area contributed by atoms with E-state index >= 15 is 0 Å². The highest BCUT2D eigenvalue weighted by molar-refractivity contribution is 6.06. The molecule has 1 atom stereocenters. The summed E-state index contributed by atoms with van der Waals surface area (Å²) in [5.41, 5.74) is -0.122. The molecular weight excluding hydrogens is 388 g/mol. The van der Waals surface area contributed by atoms with Gasteiger partial charge in [0.1, 0.15) is 17.0 Å². The van der Waals surface area contributed by atoms with Crippen molar-refractivity contribution < 1.29 is 23.9 Å². The van der Waals surface area contributed by atoms with Crippen molar-refractivity contribution in [1.29, 1.82) is 0 Å². The fourth-order valence-electron chi connectivity index (χ4n) is 4.02. The normalized spacial score (nSPS) is 20.5. The molecule has 1 unspecified atom stereocenters. The van der Waals surface area contributed by atoms with Crippen molar-refractivity contribution in [3.8, 4) is 5.75 Å². The van der Waals surface area contributed by atoms with Gasteiger partial charge in [0, 0.05) is 18.2 Å². The van der Waals surface area contributed by atoms with Crippen molar-refractivity contribution >= 4 is 17.8 Å². The number of hydrogen-bond donors (Lipinski definition) is 1. The lowest BCUT2D eigenvalue weighted by Gasteiger charge is -2.44. The molecule has 2 amide bonds. The van der Waals surface area contributed by atoms with Crippen molar-refractivity contribution in [2.45, 2.75) is 44.4 Å². The number of benzene rings is 1. The first-order valence-electron chi connectivity index (χ1n) is 9.78. The summed E-state index contributed by atoms with van der Waals surface area (Å²) in [6, 6.07) is 7.41. The number of carbonyl (C=O) groups is 3. The lowest BCUT2D eigenvalue weighted by Crippen LogP contribution is -2.64. The number of nitrogens with zero attached hydrogens (tertiary/aromatic N) is 3. The highest BCUT2D eigenvalue weighted by Crippen LogP contribution is 2.39. The highest BCUT2D eigenvalue weighted by Gasteiger charge is 2.53. The van der Waals surface area contributed by atoms with Crippen molar-refractivity contribution in [2.24, 2.45) is 0 Å². The van der Waals surface area contributed by atoms with Crippen LogP contribution in [-0.4, -0.2) is 58.0 Å². The number of amides is 2. The zero-order chi connectivity index (χ0) is 21.5. The van der Waals surface area contributed by atoms with Gasteiger partial charge in [0.2, 0.25) is 5.91 Å². The highest BCUT2D eigenvalue weighted by atomic mass is 16.5. The summed E-state index contributed by atoms with van der Waals surface area (Å²) in [4.78, 5) is 44.4. The number of methoxy groups -OCH3 is 2. The number of rotatable bonds is 6. The lowest BCUT2D eigenvalue weighted by molar-refractivity contribution is -0.133. The summed E-state index contributed by atoms with van der Waals surface area (Å²) < 4.78 is 11.7. The largest absolute Gasteiger partial charge is 0.496 e. The van der Waals surface area contributed by atoms with E-state index < -0.39 is 11.5 Å². The maximum atomic E-state index is 13.4. The molecule has 158 valence electrons. The Morgan fingerprint density at radius 2 is 2.00 bits per heavy atom. The zero-order valence-electron chi connectivity index (χ0n) is 17.2. The number of carbonyl (C=O) groups excluding carboxylic acids is 3. The molecule has 1 N–H and O–H groups in total. The summed E-state index contributed by atoms with van der Waals surface area (Å²) in [5.74, 6) is -0.636. The van der Waals surface area contributed by atoms with Crippen LogP contribution in [0.2, 0.25) is 0 Å². The first-order valence-corrected chi connectivity index (χ1v) is 9.78. The molecule has 0 spiro atoms. The molecule has 1 saturated carbocycles. The summed E-state index contributed by atoms with van der Waals surface area (Å²) in [6.45, 7) is 2.23. The van der Waals surface area contributed by atoms with E-state index in [1.807, 2.05) is 24.3 Å². The van der Waals surface area contributed by atoms with Crippen LogP contribution in [0.15, 0.2) is 30.6 Å². The van der Waals surface area contributed by atoms with Crippen LogP contribution in [-0.2, 0) is 22.6 Å². The topological polar surface area (TPSA) is 103 Å². The van der Waals surface area contributed by atoms with E-state index in [1.54, 1.807) is 23.5 Å². The van der Waals surface area contributed by atoms with Gasteiger partial charge in [-0.1, -0.05) is 18.2 Å². The van der Waals surface area contributed by atoms with Gasteiger partial charge in [-0.25, -0.2) is 9.78 Å². The minimum absolute atomic E-state index is 0.0235. The molecule has 30 heavy (non-hydrogen) atoms. The molecule has 4 rings (SSSR count). The molecule has 0 saturated heterocycles. The molecule has 1 aromatic heterocycles. The zero-order valence-corrected chi connectivity index (χ0v) is 17.2. The molecule has 9 heteroatoms. The number of fused-ring (bicyclic) bond motifs is 1. The Hall–Kier alpha value is -3.36. The van der Waals surface area contributed by atoms with E-state index in [0.717, 1.165) is 18.4 Å². The van der Waals surface area contributed by atoms with E-state index in [0.29, 0.717) is 5.75 Å². The number of esters is 1. The Bertz CT molecular complexity index is 1010. The van der Waals surface area contributed by atoms with Crippen LogP contribution < -0.4 is 10.1 Å². The Morgan fingerprint density at radius 1 is 1.27 bits per heavy atom. The summed E-state index contributed by atoms with van der Waals surface area (Å²) >= 11 is 0. The van der Waals surface area contributed by atoms with Crippen molar-refractivity contribution in [3.63, 3.8) is 0 Å². The number of nitrogens with one attached hydrogen (secondary N) is 1. The van der Waals surface area contributed by atoms with Crippen molar-refractivity contribution in [3.05, 3.63) is 47.5 Å². The fourth-order valence-corrected chi connectivity index (χ4v) is 4.02. The van der Waals surface area contributed by atoms with Crippen LogP contribution in [0.25, 0.3) is 0 Å². The fraction of sp³-hybridized carbons (Fsp3) is 0.429. The van der Waals surface area contributed by atoms with Gasteiger partial charge in [-0.05, 0) is 25.8 Å². The molecule has 1 fully saturated rings. The minimum Gasteiger partial charge on any atom is -0.496 e. The molecule has 2 aliphatic rings. The van der Waals surface area contributed by atoms with E-state index in [-0.39, 0.29) is 42.3 Å². The first kappa shape index (κ1) is 19.9. The van der Waals surface area contributed by atoms with Gasteiger partial charge in [-0.2, -0.15) is 0 Å². The van der Waals surface area contributed by atoms with Crippen LogP contribution in [0.4, 0.5) is 0 Å². The second kappa shape index (κ2) is 7.47. The summed E-state index contributed by atoms with van der Waals surface area (Å²) in [7, 11) is 2.82. The third-order valence-corrected chi connectivity index (χ3v) is 5.68. The van der Waals surface area contributed by atoms with Gasteiger partial charge in [-0.3, -0.25) is 9.59 Å². The average molecular weight is 412 g/mol. The van der Waals surface area contributed by atoms with Gasteiger partial charge < -0.3 is 24.3 Å². The molecule has 1 aliphatic heterocycles. The quantitative estimate of drug-likeness (QED) is 0.719. The number of hydrogen-bond acceptors (Lipinski definition) is 6. The van der Waals surface area contributed by atoms with Gasteiger partial charge in [0.15, 0.2) is 5.69 Å². The van der Waals surface area contributed by atoms with Crippen molar-refractivity contribution in [1.82, 2.24) is 19.8 Å². The second-order valence-electron chi connectivity index (χ2n) is 7.74. The van der Waals surface area contributed by atoms with Crippen LogP contribution >= 0.6 is 0 Å². The maximum Gasteiger partial charge on any atom is 0.359 e. The van der Waals surface area contributed by atoms with Gasteiger partial charge >= 0.3 is 5.97 Å². The van der Waals surface area contributed by atoms with Gasteiger partial charge in [-0.15, -0.1) is 0 Å².